The lowest BCUT2D eigenvalue weighted by atomic mass is 10.2. The molecule has 0 atom stereocenters. The Balaban J connectivity index is 1.50. The molecular formula is C22H25N3O4S3. The number of ether oxygens (including phenoxy) is 1. The lowest BCUT2D eigenvalue weighted by Gasteiger charge is -2.21. The lowest BCUT2D eigenvalue weighted by Crippen LogP contribution is -2.32. The van der Waals surface area contributed by atoms with E-state index in [0.717, 1.165) is 36.3 Å². The molecule has 0 bridgehead atoms. The number of methoxy groups -OCH3 is 1. The van der Waals surface area contributed by atoms with Crippen molar-refractivity contribution in [3.63, 3.8) is 0 Å². The highest BCUT2D eigenvalue weighted by Crippen LogP contribution is 2.30. The Kier molecular flexibility index (Phi) is 7.24. The summed E-state index contributed by atoms with van der Waals surface area (Å²) >= 11 is 3.09. The fourth-order valence-electron chi connectivity index (χ4n) is 3.64. The first-order valence-electron chi connectivity index (χ1n) is 10.4. The number of benzene rings is 1. The summed E-state index contributed by atoms with van der Waals surface area (Å²) in [5, 5.41) is 9.54. The van der Waals surface area contributed by atoms with Gasteiger partial charge in [0.1, 0.15) is 10.8 Å². The monoisotopic (exact) mass is 491 g/mol. The van der Waals surface area contributed by atoms with Gasteiger partial charge in [-0.2, -0.15) is 15.6 Å². The number of carbonyl (C=O) groups excluding carboxylic acids is 1. The Bertz CT molecular complexity index is 1170. The van der Waals surface area contributed by atoms with Gasteiger partial charge in [0.05, 0.1) is 29.8 Å². The predicted octanol–water partition coefficient (Wildman–Crippen LogP) is 4.63. The summed E-state index contributed by atoms with van der Waals surface area (Å²) in [5.74, 6) is 0.125. The number of amides is 1. The van der Waals surface area contributed by atoms with Crippen molar-refractivity contribution in [3.05, 3.63) is 46.1 Å². The first-order chi connectivity index (χ1) is 15.5. The smallest absolute Gasteiger partial charge is 0.243 e. The van der Waals surface area contributed by atoms with E-state index < -0.39 is 10.0 Å². The number of sulfonamides is 1. The molecule has 1 saturated heterocycles. The van der Waals surface area contributed by atoms with Crippen molar-refractivity contribution in [1.82, 2.24) is 9.29 Å². The van der Waals surface area contributed by atoms with Gasteiger partial charge in [-0.25, -0.2) is 13.4 Å². The first kappa shape index (κ1) is 22.9. The van der Waals surface area contributed by atoms with Crippen molar-refractivity contribution >= 4 is 44.3 Å². The highest BCUT2D eigenvalue weighted by molar-refractivity contribution is 7.89. The molecule has 1 aliphatic heterocycles. The number of nitrogens with zero attached hydrogens (tertiary/aromatic N) is 2. The van der Waals surface area contributed by atoms with Crippen LogP contribution < -0.4 is 10.1 Å². The molecule has 4 rings (SSSR count). The minimum atomic E-state index is -3.63. The molecule has 0 spiro atoms. The molecule has 0 saturated carbocycles. The molecular weight excluding hydrogens is 466 g/mol. The van der Waals surface area contributed by atoms with Crippen LogP contribution in [0.4, 0.5) is 5.69 Å². The van der Waals surface area contributed by atoms with E-state index in [1.54, 1.807) is 17.4 Å². The van der Waals surface area contributed by atoms with Crippen molar-refractivity contribution < 1.29 is 17.9 Å². The number of carbonyl (C=O) groups is 1. The minimum absolute atomic E-state index is 0.0902. The summed E-state index contributed by atoms with van der Waals surface area (Å²) in [6.07, 6.45) is 3.90. The van der Waals surface area contributed by atoms with Gasteiger partial charge in [-0.3, -0.25) is 4.79 Å². The molecule has 7 nitrogen and oxygen atoms in total. The van der Waals surface area contributed by atoms with Crippen LogP contribution in [0.3, 0.4) is 0 Å². The van der Waals surface area contributed by atoms with E-state index in [-0.39, 0.29) is 17.2 Å². The van der Waals surface area contributed by atoms with E-state index in [4.69, 9.17) is 4.74 Å². The second-order valence-corrected chi connectivity index (χ2v) is 11.1. The maximum absolute atomic E-state index is 13.1. The SMILES string of the molecule is COc1ccc(S(=O)(=O)N2CCCCCC2)cc1NC(=O)Cc1csc(-c2ccsc2)n1. The third-order valence-electron chi connectivity index (χ3n) is 5.31. The van der Waals surface area contributed by atoms with Gasteiger partial charge in [0.15, 0.2) is 0 Å². The molecule has 170 valence electrons. The zero-order chi connectivity index (χ0) is 22.6. The number of anilines is 1. The van der Waals surface area contributed by atoms with Gasteiger partial charge < -0.3 is 10.1 Å². The fraction of sp³-hybridized carbons (Fsp3) is 0.364. The predicted molar refractivity (Wildman–Crippen MR) is 128 cm³/mol. The lowest BCUT2D eigenvalue weighted by molar-refractivity contribution is -0.115. The molecule has 3 aromatic rings. The highest BCUT2D eigenvalue weighted by atomic mass is 32.2. The maximum atomic E-state index is 13.1. The van der Waals surface area contributed by atoms with Gasteiger partial charge in [0.2, 0.25) is 15.9 Å². The van der Waals surface area contributed by atoms with E-state index in [9.17, 15) is 13.2 Å². The number of rotatable bonds is 7. The summed E-state index contributed by atoms with van der Waals surface area (Å²) in [7, 11) is -2.14. The Morgan fingerprint density at radius 3 is 2.62 bits per heavy atom. The van der Waals surface area contributed by atoms with E-state index >= 15 is 0 Å². The first-order valence-corrected chi connectivity index (χ1v) is 13.7. The number of hydrogen-bond donors (Lipinski definition) is 1. The van der Waals surface area contributed by atoms with Crippen molar-refractivity contribution in [3.8, 4) is 16.3 Å². The maximum Gasteiger partial charge on any atom is 0.243 e. The molecule has 1 fully saturated rings. The molecule has 1 amide bonds. The quantitative estimate of drug-likeness (QED) is 0.521. The second-order valence-electron chi connectivity index (χ2n) is 7.56. The topological polar surface area (TPSA) is 88.6 Å². The van der Waals surface area contributed by atoms with Crippen LogP contribution in [0.2, 0.25) is 0 Å². The third kappa shape index (κ3) is 5.20. The van der Waals surface area contributed by atoms with Gasteiger partial charge >= 0.3 is 0 Å². The summed E-state index contributed by atoms with van der Waals surface area (Å²) in [5.41, 5.74) is 2.04. The highest BCUT2D eigenvalue weighted by Gasteiger charge is 2.26. The summed E-state index contributed by atoms with van der Waals surface area (Å²) in [6.45, 7) is 1.04. The summed E-state index contributed by atoms with van der Waals surface area (Å²) < 4.78 is 33.2. The molecule has 0 unspecified atom stereocenters. The standard InChI is InChI=1S/C22H25N3O4S3/c1-29-20-7-6-18(32(27,28)25-9-4-2-3-5-10-25)13-19(20)24-21(26)12-17-15-31-22(23-17)16-8-11-30-14-16/h6-8,11,13-15H,2-5,9-10,12H2,1H3,(H,24,26). The van der Waals surface area contributed by atoms with Gasteiger partial charge in [0, 0.05) is 29.4 Å². The van der Waals surface area contributed by atoms with Crippen LogP contribution in [0.1, 0.15) is 31.4 Å². The third-order valence-corrected chi connectivity index (χ3v) is 8.83. The molecule has 1 aliphatic rings. The van der Waals surface area contributed by atoms with Gasteiger partial charge in [0.25, 0.3) is 0 Å². The Morgan fingerprint density at radius 1 is 1.16 bits per heavy atom. The van der Waals surface area contributed by atoms with Crippen molar-refractivity contribution in [2.45, 2.75) is 37.0 Å². The van der Waals surface area contributed by atoms with Crippen LogP contribution in [0.5, 0.6) is 5.75 Å². The van der Waals surface area contributed by atoms with Crippen LogP contribution >= 0.6 is 22.7 Å². The molecule has 1 N–H and O–H groups in total. The summed E-state index contributed by atoms with van der Waals surface area (Å²) in [4.78, 5) is 17.4. The van der Waals surface area contributed by atoms with Gasteiger partial charge in [-0.05, 0) is 42.5 Å². The summed E-state index contributed by atoms with van der Waals surface area (Å²) in [6, 6.07) is 6.59. The van der Waals surface area contributed by atoms with E-state index in [1.807, 2.05) is 22.2 Å². The number of nitrogens with one attached hydrogen (secondary N) is 1. The Labute approximate surface area is 196 Å². The van der Waals surface area contributed by atoms with E-state index in [0.29, 0.717) is 30.2 Å². The molecule has 3 heterocycles. The minimum Gasteiger partial charge on any atom is -0.495 e. The molecule has 1 aromatic carbocycles. The zero-order valence-corrected chi connectivity index (χ0v) is 20.2. The molecule has 0 aliphatic carbocycles. The van der Waals surface area contributed by atoms with Crippen LogP contribution in [0.15, 0.2) is 45.3 Å². The van der Waals surface area contributed by atoms with E-state index in [2.05, 4.69) is 10.3 Å². The van der Waals surface area contributed by atoms with Gasteiger partial charge in [-0.15, -0.1) is 11.3 Å². The number of hydrogen-bond acceptors (Lipinski definition) is 7. The zero-order valence-electron chi connectivity index (χ0n) is 17.7. The van der Waals surface area contributed by atoms with Crippen molar-refractivity contribution in [2.24, 2.45) is 0 Å². The van der Waals surface area contributed by atoms with Crippen molar-refractivity contribution in [2.75, 3.05) is 25.5 Å². The van der Waals surface area contributed by atoms with Crippen LogP contribution in [-0.4, -0.2) is 43.8 Å². The Morgan fingerprint density at radius 2 is 1.94 bits per heavy atom. The van der Waals surface area contributed by atoms with Gasteiger partial charge in [-0.1, -0.05) is 12.8 Å². The number of thiophene rings is 1. The average Bonchev–Trinajstić information content (AvgIpc) is 3.39. The normalized spacial score (nSPS) is 15.3. The van der Waals surface area contributed by atoms with E-state index in [1.165, 1.54) is 34.9 Å². The molecule has 2 aromatic heterocycles. The van der Waals surface area contributed by atoms with Crippen LogP contribution in [0.25, 0.3) is 10.6 Å². The second kappa shape index (κ2) is 10.1. The molecule has 10 heteroatoms. The molecule has 0 radical (unpaired) electrons. The fourth-order valence-corrected chi connectivity index (χ4v) is 6.72. The van der Waals surface area contributed by atoms with Crippen molar-refractivity contribution in [1.29, 1.82) is 0 Å². The molecule has 32 heavy (non-hydrogen) atoms. The Hall–Kier alpha value is -2.27. The number of thiazole rings is 1. The average molecular weight is 492 g/mol. The number of aromatic nitrogens is 1. The van der Waals surface area contributed by atoms with Crippen LogP contribution in [0, 0.1) is 0 Å². The van der Waals surface area contributed by atoms with Crippen LogP contribution in [-0.2, 0) is 21.2 Å². The largest absolute Gasteiger partial charge is 0.495 e.